The van der Waals surface area contributed by atoms with Gasteiger partial charge in [-0.3, -0.25) is 4.79 Å². The predicted octanol–water partition coefficient (Wildman–Crippen LogP) is 3.66. The van der Waals surface area contributed by atoms with Crippen LogP contribution in [0.4, 0.5) is 13.2 Å². The summed E-state index contributed by atoms with van der Waals surface area (Å²) in [4.78, 5) is 25.0. The topological polar surface area (TPSA) is 77.0 Å². The maximum absolute atomic E-state index is 12.8. The van der Waals surface area contributed by atoms with Crippen molar-refractivity contribution in [3.63, 3.8) is 0 Å². The van der Waals surface area contributed by atoms with Gasteiger partial charge in [-0.2, -0.15) is 13.2 Å². The van der Waals surface area contributed by atoms with E-state index in [1.165, 1.54) is 12.1 Å². The van der Waals surface area contributed by atoms with Crippen LogP contribution in [0.2, 0.25) is 0 Å². The standard InChI is InChI=1S/C19H21F3N4O2.ClH/c1-11-17(18(25-12(2)24-11)13-6-8-23-9-7-13)14(27)10-28-16-5-3-4-15(26-16)19(20,21)22;/h3-5,13,23H,6-10H2,1-2H3;1H. The predicted molar refractivity (Wildman–Crippen MR) is 103 cm³/mol. The minimum absolute atomic E-state index is 0. The Kier molecular flexibility index (Phi) is 7.54. The first-order valence-electron chi connectivity index (χ1n) is 9.02. The second-order valence-electron chi connectivity index (χ2n) is 6.71. The maximum Gasteiger partial charge on any atom is 0.433 e. The molecular formula is C19H22ClF3N4O2. The molecule has 10 heteroatoms. The first kappa shape index (κ1) is 23.0. The summed E-state index contributed by atoms with van der Waals surface area (Å²) in [5.41, 5.74) is 0.566. The molecule has 0 unspecified atom stereocenters. The number of alkyl halides is 3. The number of hydrogen-bond acceptors (Lipinski definition) is 6. The van der Waals surface area contributed by atoms with E-state index in [1.807, 2.05) is 0 Å². The van der Waals surface area contributed by atoms with E-state index in [4.69, 9.17) is 4.74 Å². The van der Waals surface area contributed by atoms with E-state index in [2.05, 4.69) is 20.3 Å². The van der Waals surface area contributed by atoms with Gasteiger partial charge in [-0.15, -0.1) is 12.4 Å². The Balaban J connectivity index is 0.00000300. The number of nitrogens with one attached hydrogen (secondary N) is 1. The maximum atomic E-state index is 12.8. The van der Waals surface area contributed by atoms with E-state index >= 15 is 0 Å². The lowest BCUT2D eigenvalue weighted by Gasteiger charge is -2.24. The van der Waals surface area contributed by atoms with Crippen LogP contribution in [-0.4, -0.2) is 40.4 Å². The van der Waals surface area contributed by atoms with E-state index < -0.39 is 18.5 Å². The normalized spacial score (nSPS) is 14.9. The van der Waals surface area contributed by atoms with Gasteiger partial charge < -0.3 is 10.1 Å². The highest BCUT2D eigenvalue weighted by atomic mass is 35.5. The number of Topliss-reactive ketones (excluding diaryl/α,β-unsaturated/α-hetero) is 1. The third-order valence-electron chi connectivity index (χ3n) is 4.60. The number of ether oxygens (including phenoxy) is 1. The largest absolute Gasteiger partial charge is 0.469 e. The van der Waals surface area contributed by atoms with E-state index in [0.717, 1.165) is 32.0 Å². The number of pyridine rings is 1. The Morgan fingerprint density at radius 1 is 1.17 bits per heavy atom. The van der Waals surface area contributed by atoms with E-state index in [0.29, 0.717) is 22.8 Å². The van der Waals surface area contributed by atoms with Crippen LogP contribution in [-0.2, 0) is 6.18 Å². The van der Waals surface area contributed by atoms with Gasteiger partial charge in [-0.05, 0) is 45.8 Å². The van der Waals surface area contributed by atoms with Gasteiger partial charge in [-0.1, -0.05) is 6.07 Å². The molecule has 0 amide bonds. The molecule has 2 aromatic rings. The van der Waals surface area contributed by atoms with Gasteiger partial charge in [0.2, 0.25) is 11.7 Å². The van der Waals surface area contributed by atoms with Crippen LogP contribution in [0, 0.1) is 13.8 Å². The molecule has 0 aromatic carbocycles. The molecule has 0 aliphatic carbocycles. The third kappa shape index (κ3) is 5.63. The monoisotopic (exact) mass is 430 g/mol. The first-order chi connectivity index (χ1) is 13.3. The second-order valence-corrected chi connectivity index (χ2v) is 6.71. The van der Waals surface area contributed by atoms with Crippen LogP contribution in [0.25, 0.3) is 0 Å². The summed E-state index contributed by atoms with van der Waals surface area (Å²) >= 11 is 0. The van der Waals surface area contributed by atoms with Crippen molar-refractivity contribution in [3.8, 4) is 5.88 Å². The number of halogens is 4. The van der Waals surface area contributed by atoms with Gasteiger partial charge in [0.25, 0.3) is 0 Å². The highest BCUT2D eigenvalue weighted by Gasteiger charge is 2.33. The quantitative estimate of drug-likeness (QED) is 0.729. The zero-order valence-corrected chi connectivity index (χ0v) is 16.9. The van der Waals surface area contributed by atoms with Gasteiger partial charge in [-0.25, -0.2) is 15.0 Å². The fourth-order valence-electron chi connectivity index (χ4n) is 3.34. The van der Waals surface area contributed by atoms with E-state index in [9.17, 15) is 18.0 Å². The molecule has 1 aliphatic heterocycles. The van der Waals surface area contributed by atoms with Gasteiger partial charge in [0, 0.05) is 12.0 Å². The lowest BCUT2D eigenvalue weighted by atomic mass is 9.89. The number of aromatic nitrogens is 3. The highest BCUT2D eigenvalue weighted by Crippen LogP contribution is 2.30. The Morgan fingerprint density at radius 2 is 1.86 bits per heavy atom. The van der Waals surface area contributed by atoms with Crippen molar-refractivity contribution in [1.29, 1.82) is 0 Å². The Morgan fingerprint density at radius 3 is 2.52 bits per heavy atom. The molecule has 1 saturated heterocycles. The molecule has 0 saturated carbocycles. The van der Waals surface area contributed by atoms with E-state index in [1.54, 1.807) is 13.8 Å². The average molecular weight is 431 g/mol. The zero-order valence-electron chi connectivity index (χ0n) is 16.0. The van der Waals surface area contributed by atoms with Crippen LogP contribution in [0.3, 0.4) is 0 Å². The highest BCUT2D eigenvalue weighted by molar-refractivity contribution is 5.99. The van der Waals surface area contributed by atoms with Crippen molar-refractivity contribution in [2.24, 2.45) is 0 Å². The average Bonchev–Trinajstić information content (AvgIpc) is 2.66. The van der Waals surface area contributed by atoms with Crippen molar-refractivity contribution >= 4 is 18.2 Å². The number of carbonyl (C=O) groups is 1. The molecule has 29 heavy (non-hydrogen) atoms. The zero-order chi connectivity index (χ0) is 20.3. The molecule has 1 aliphatic rings. The van der Waals surface area contributed by atoms with Crippen molar-refractivity contribution < 1.29 is 22.7 Å². The summed E-state index contributed by atoms with van der Waals surface area (Å²) in [5.74, 6) is 0.0952. The van der Waals surface area contributed by atoms with Crippen molar-refractivity contribution in [3.05, 3.63) is 46.7 Å². The minimum Gasteiger partial charge on any atom is -0.469 e. The summed E-state index contributed by atoms with van der Waals surface area (Å²) < 4.78 is 43.6. The molecule has 158 valence electrons. The number of piperidine rings is 1. The van der Waals surface area contributed by atoms with Crippen molar-refractivity contribution in [2.75, 3.05) is 19.7 Å². The number of rotatable bonds is 5. The number of carbonyl (C=O) groups excluding carboxylic acids is 1. The second kappa shape index (κ2) is 9.49. The smallest absolute Gasteiger partial charge is 0.433 e. The molecule has 1 fully saturated rings. The molecule has 2 aromatic heterocycles. The molecule has 0 radical (unpaired) electrons. The Labute approximate surface area is 172 Å². The van der Waals surface area contributed by atoms with Crippen LogP contribution in [0.1, 0.15) is 52.0 Å². The minimum atomic E-state index is -4.58. The fourth-order valence-corrected chi connectivity index (χ4v) is 3.34. The van der Waals surface area contributed by atoms with Gasteiger partial charge in [0.05, 0.1) is 17.0 Å². The first-order valence-corrected chi connectivity index (χ1v) is 9.02. The Bertz CT molecular complexity index is 871. The molecule has 1 N–H and O–H groups in total. The lowest BCUT2D eigenvalue weighted by molar-refractivity contribution is -0.141. The SMILES string of the molecule is Cc1nc(C)c(C(=O)COc2cccc(C(F)(F)F)n2)c(C2CCNCC2)n1.Cl. The summed E-state index contributed by atoms with van der Waals surface area (Å²) in [7, 11) is 0. The molecule has 0 spiro atoms. The number of hydrogen-bond donors (Lipinski definition) is 1. The number of nitrogens with zero attached hydrogens (tertiary/aromatic N) is 3. The van der Waals surface area contributed by atoms with Crippen molar-refractivity contribution in [2.45, 2.75) is 38.8 Å². The summed E-state index contributed by atoms with van der Waals surface area (Å²) in [6.07, 6.45) is -2.87. The summed E-state index contributed by atoms with van der Waals surface area (Å²) in [6, 6.07) is 3.33. The van der Waals surface area contributed by atoms with Crippen molar-refractivity contribution in [1.82, 2.24) is 20.3 Å². The number of ketones is 1. The molecular weight excluding hydrogens is 409 g/mol. The summed E-state index contributed by atoms with van der Waals surface area (Å²) in [6.45, 7) is 4.75. The molecule has 3 heterocycles. The van der Waals surface area contributed by atoms with Gasteiger partial charge in [0.15, 0.2) is 6.61 Å². The fraction of sp³-hybridized carbons (Fsp3) is 0.474. The van der Waals surface area contributed by atoms with Crippen LogP contribution < -0.4 is 10.1 Å². The van der Waals surface area contributed by atoms with Gasteiger partial charge in [0.1, 0.15) is 11.5 Å². The van der Waals surface area contributed by atoms with Crippen LogP contribution in [0.5, 0.6) is 5.88 Å². The molecule has 3 rings (SSSR count). The molecule has 0 atom stereocenters. The Hall–Kier alpha value is -2.26. The molecule has 6 nitrogen and oxygen atoms in total. The number of aryl methyl sites for hydroxylation is 2. The third-order valence-corrected chi connectivity index (χ3v) is 4.60. The van der Waals surface area contributed by atoms with Crippen LogP contribution in [0.15, 0.2) is 18.2 Å². The van der Waals surface area contributed by atoms with Crippen LogP contribution >= 0.6 is 12.4 Å². The van der Waals surface area contributed by atoms with E-state index in [-0.39, 0.29) is 30.0 Å². The summed E-state index contributed by atoms with van der Waals surface area (Å²) in [5, 5.41) is 3.27. The lowest BCUT2D eigenvalue weighted by Crippen LogP contribution is -2.29. The molecule has 0 bridgehead atoms. The van der Waals surface area contributed by atoms with Gasteiger partial charge >= 0.3 is 6.18 Å².